The van der Waals surface area contributed by atoms with Gasteiger partial charge in [-0.05, 0) is 30.7 Å². The molecule has 1 aromatic heterocycles. The fourth-order valence-electron chi connectivity index (χ4n) is 2.69. The summed E-state index contributed by atoms with van der Waals surface area (Å²) in [5.41, 5.74) is 4.60. The molecule has 0 spiro atoms. The zero-order chi connectivity index (χ0) is 14.6. The molecule has 20 heavy (non-hydrogen) atoms. The first-order valence-electron chi connectivity index (χ1n) is 6.99. The van der Waals surface area contributed by atoms with Gasteiger partial charge < -0.3 is 16.4 Å². The predicted octanol–water partition coefficient (Wildman–Crippen LogP) is 2.30. The van der Waals surface area contributed by atoms with Crippen LogP contribution in [0, 0.1) is 0 Å². The average molecular weight is 295 g/mol. The number of amides is 3. The van der Waals surface area contributed by atoms with Gasteiger partial charge >= 0.3 is 6.03 Å². The summed E-state index contributed by atoms with van der Waals surface area (Å²) in [5.74, 6) is -0.436. The second-order valence-electron chi connectivity index (χ2n) is 5.23. The van der Waals surface area contributed by atoms with E-state index in [-0.39, 0.29) is 12.1 Å². The average Bonchev–Trinajstić information content (AvgIpc) is 3.07. The highest BCUT2D eigenvalue weighted by molar-refractivity contribution is 7.10. The first-order valence-corrected chi connectivity index (χ1v) is 7.87. The lowest BCUT2D eigenvalue weighted by Gasteiger charge is -2.28. The van der Waals surface area contributed by atoms with E-state index < -0.39 is 11.4 Å². The van der Waals surface area contributed by atoms with Crippen molar-refractivity contribution in [2.45, 2.75) is 50.6 Å². The van der Waals surface area contributed by atoms with Crippen molar-refractivity contribution in [3.8, 4) is 0 Å². The number of nitrogens with one attached hydrogen (secondary N) is 2. The van der Waals surface area contributed by atoms with Gasteiger partial charge in [0.25, 0.3) is 0 Å². The maximum atomic E-state index is 12.1. The van der Waals surface area contributed by atoms with Gasteiger partial charge in [0.05, 0.1) is 6.04 Å². The third-order valence-corrected chi connectivity index (χ3v) is 4.87. The van der Waals surface area contributed by atoms with Crippen LogP contribution in [0.3, 0.4) is 0 Å². The van der Waals surface area contributed by atoms with E-state index in [9.17, 15) is 9.59 Å². The minimum Gasteiger partial charge on any atom is -0.368 e. The molecule has 0 aromatic carbocycles. The van der Waals surface area contributed by atoms with Crippen LogP contribution in [0.4, 0.5) is 4.79 Å². The SMILES string of the molecule is CC[C@@H](NC(=O)NC1(C(N)=O)CCCC1)c1cccs1. The van der Waals surface area contributed by atoms with E-state index in [1.165, 1.54) is 0 Å². The zero-order valence-electron chi connectivity index (χ0n) is 11.6. The molecule has 110 valence electrons. The number of hydrogen-bond acceptors (Lipinski definition) is 3. The molecule has 0 aliphatic heterocycles. The van der Waals surface area contributed by atoms with Crippen LogP contribution < -0.4 is 16.4 Å². The summed E-state index contributed by atoms with van der Waals surface area (Å²) in [4.78, 5) is 24.9. The summed E-state index contributed by atoms with van der Waals surface area (Å²) in [7, 11) is 0. The van der Waals surface area contributed by atoms with Gasteiger partial charge in [0, 0.05) is 4.88 Å². The Labute approximate surface area is 122 Å². The molecule has 1 aliphatic carbocycles. The molecule has 1 atom stereocenters. The third-order valence-electron chi connectivity index (χ3n) is 3.88. The zero-order valence-corrected chi connectivity index (χ0v) is 12.5. The van der Waals surface area contributed by atoms with Gasteiger partial charge in [-0.2, -0.15) is 0 Å². The highest BCUT2D eigenvalue weighted by Crippen LogP contribution is 2.29. The van der Waals surface area contributed by atoms with Gasteiger partial charge in [0.1, 0.15) is 5.54 Å². The van der Waals surface area contributed by atoms with E-state index in [4.69, 9.17) is 5.73 Å². The van der Waals surface area contributed by atoms with Crippen molar-refractivity contribution in [3.63, 3.8) is 0 Å². The number of carbonyl (C=O) groups is 2. The molecule has 0 bridgehead atoms. The Morgan fingerprint density at radius 3 is 2.65 bits per heavy atom. The van der Waals surface area contributed by atoms with E-state index >= 15 is 0 Å². The topological polar surface area (TPSA) is 84.2 Å². The number of nitrogens with two attached hydrogens (primary N) is 1. The van der Waals surface area contributed by atoms with Gasteiger partial charge in [-0.3, -0.25) is 4.79 Å². The molecular weight excluding hydrogens is 274 g/mol. The standard InChI is InChI=1S/C14H21N3O2S/c1-2-10(11-6-5-9-20-11)16-13(19)17-14(12(15)18)7-3-4-8-14/h5-6,9-10H,2-4,7-8H2,1H3,(H2,15,18)(H2,16,17,19)/t10-/m1/s1. The number of urea groups is 1. The number of primary amides is 1. The second-order valence-corrected chi connectivity index (χ2v) is 6.21. The van der Waals surface area contributed by atoms with Gasteiger partial charge in [0.2, 0.25) is 5.91 Å². The lowest BCUT2D eigenvalue weighted by molar-refractivity contribution is -0.123. The Bertz CT molecular complexity index is 467. The number of carbonyl (C=O) groups excluding carboxylic acids is 2. The molecule has 6 heteroatoms. The fourth-order valence-corrected chi connectivity index (χ4v) is 3.55. The van der Waals surface area contributed by atoms with Crippen molar-refractivity contribution in [2.75, 3.05) is 0 Å². The molecule has 3 amide bonds. The van der Waals surface area contributed by atoms with Gasteiger partial charge in [-0.25, -0.2) is 4.79 Å². The van der Waals surface area contributed by atoms with Crippen molar-refractivity contribution in [3.05, 3.63) is 22.4 Å². The van der Waals surface area contributed by atoms with E-state index in [2.05, 4.69) is 10.6 Å². The first-order chi connectivity index (χ1) is 9.57. The van der Waals surface area contributed by atoms with Crippen LogP contribution in [0.1, 0.15) is 49.9 Å². The normalized spacial score (nSPS) is 18.4. The van der Waals surface area contributed by atoms with E-state index in [1.807, 2.05) is 24.4 Å². The predicted molar refractivity (Wildman–Crippen MR) is 79.4 cm³/mol. The number of hydrogen-bond donors (Lipinski definition) is 3. The highest BCUT2D eigenvalue weighted by Gasteiger charge is 2.41. The van der Waals surface area contributed by atoms with Gasteiger partial charge in [0.15, 0.2) is 0 Å². The van der Waals surface area contributed by atoms with Crippen LogP contribution in [0.2, 0.25) is 0 Å². The lowest BCUT2D eigenvalue weighted by atomic mass is 9.97. The molecule has 1 aliphatic rings. The fraction of sp³-hybridized carbons (Fsp3) is 0.571. The smallest absolute Gasteiger partial charge is 0.316 e. The molecule has 1 heterocycles. The molecule has 2 rings (SSSR count). The largest absolute Gasteiger partial charge is 0.368 e. The molecular formula is C14H21N3O2S. The minimum atomic E-state index is -0.863. The molecule has 0 saturated heterocycles. The van der Waals surface area contributed by atoms with Crippen molar-refractivity contribution in [2.24, 2.45) is 5.73 Å². The van der Waals surface area contributed by atoms with Crippen LogP contribution in [0.5, 0.6) is 0 Å². The van der Waals surface area contributed by atoms with E-state index in [1.54, 1.807) is 11.3 Å². The van der Waals surface area contributed by atoms with Crippen LogP contribution in [0.15, 0.2) is 17.5 Å². The molecule has 1 fully saturated rings. The maximum absolute atomic E-state index is 12.1. The summed E-state index contributed by atoms with van der Waals surface area (Å²) in [6, 6.07) is 3.62. The summed E-state index contributed by atoms with van der Waals surface area (Å²) >= 11 is 1.61. The van der Waals surface area contributed by atoms with Gasteiger partial charge in [-0.1, -0.05) is 25.8 Å². The lowest BCUT2D eigenvalue weighted by Crippen LogP contribution is -2.58. The molecule has 0 radical (unpaired) electrons. The van der Waals surface area contributed by atoms with Crippen LogP contribution >= 0.6 is 11.3 Å². The van der Waals surface area contributed by atoms with Crippen LogP contribution in [-0.4, -0.2) is 17.5 Å². The molecule has 1 aromatic rings. The third kappa shape index (κ3) is 3.12. The molecule has 0 unspecified atom stereocenters. The minimum absolute atomic E-state index is 0.0265. The summed E-state index contributed by atoms with van der Waals surface area (Å²) in [6.07, 6.45) is 3.91. The summed E-state index contributed by atoms with van der Waals surface area (Å²) < 4.78 is 0. The van der Waals surface area contributed by atoms with E-state index in [0.717, 1.165) is 24.1 Å². The van der Waals surface area contributed by atoms with Crippen LogP contribution in [-0.2, 0) is 4.79 Å². The Kier molecular flexibility index (Phi) is 4.65. The quantitative estimate of drug-likeness (QED) is 0.778. The number of rotatable bonds is 5. The van der Waals surface area contributed by atoms with Crippen molar-refractivity contribution >= 4 is 23.3 Å². The van der Waals surface area contributed by atoms with Crippen molar-refractivity contribution in [1.82, 2.24) is 10.6 Å². The summed E-state index contributed by atoms with van der Waals surface area (Å²) in [6.45, 7) is 2.02. The van der Waals surface area contributed by atoms with Gasteiger partial charge in [-0.15, -0.1) is 11.3 Å². The Balaban J connectivity index is 1.99. The Hall–Kier alpha value is -1.56. The second kappa shape index (κ2) is 6.26. The van der Waals surface area contributed by atoms with Crippen molar-refractivity contribution < 1.29 is 9.59 Å². The number of thiophene rings is 1. The molecule has 5 nitrogen and oxygen atoms in total. The molecule has 4 N–H and O–H groups in total. The summed E-state index contributed by atoms with van der Waals surface area (Å²) in [5, 5.41) is 7.71. The maximum Gasteiger partial charge on any atom is 0.316 e. The van der Waals surface area contributed by atoms with Crippen LogP contribution in [0.25, 0.3) is 0 Å². The Morgan fingerprint density at radius 2 is 2.15 bits per heavy atom. The van der Waals surface area contributed by atoms with E-state index in [0.29, 0.717) is 12.8 Å². The highest BCUT2D eigenvalue weighted by atomic mass is 32.1. The Morgan fingerprint density at radius 1 is 1.45 bits per heavy atom. The monoisotopic (exact) mass is 295 g/mol. The molecule has 1 saturated carbocycles. The first kappa shape index (κ1) is 14.8. The van der Waals surface area contributed by atoms with Crippen molar-refractivity contribution in [1.29, 1.82) is 0 Å².